The Kier molecular flexibility index (Phi) is 12.0. The molecule has 0 unspecified atom stereocenters. The molecule has 2 aromatic carbocycles. The summed E-state index contributed by atoms with van der Waals surface area (Å²) in [5.74, 6) is 2.50. The molecule has 37 heavy (non-hydrogen) atoms. The molecule has 0 fully saturated rings. The Bertz CT molecular complexity index is 1190. The van der Waals surface area contributed by atoms with Gasteiger partial charge in [-0.25, -0.2) is 0 Å². The van der Waals surface area contributed by atoms with Crippen molar-refractivity contribution in [3.8, 4) is 45.5 Å². The number of aromatic nitrogens is 2. The summed E-state index contributed by atoms with van der Waals surface area (Å²) in [5.41, 5.74) is 4.48. The average Bonchev–Trinajstić information content (AvgIpc) is 2.96. The molecule has 2 aromatic heterocycles. The molecule has 0 aliphatic rings. The van der Waals surface area contributed by atoms with Crippen LogP contribution in [-0.4, -0.2) is 48.6 Å². The van der Waals surface area contributed by atoms with Crippen molar-refractivity contribution in [2.24, 2.45) is 0 Å². The predicted molar refractivity (Wildman–Crippen MR) is 135 cm³/mol. The number of pyridine rings is 2. The van der Waals surface area contributed by atoms with Gasteiger partial charge >= 0.3 is 21.1 Å². The Balaban J connectivity index is 0.000000253. The van der Waals surface area contributed by atoms with Crippen molar-refractivity contribution in [2.45, 2.75) is 13.2 Å². The second-order valence-electron chi connectivity index (χ2n) is 7.34. The van der Waals surface area contributed by atoms with Gasteiger partial charge in [-0.1, -0.05) is 17.7 Å². The molecule has 2 N–H and O–H groups in total. The van der Waals surface area contributed by atoms with Gasteiger partial charge in [0.05, 0.1) is 53.2 Å². The van der Waals surface area contributed by atoms with E-state index in [1.54, 1.807) is 65.1 Å². The molecule has 0 saturated heterocycles. The van der Waals surface area contributed by atoms with Crippen molar-refractivity contribution in [1.29, 1.82) is 0 Å². The molecule has 0 saturated carbocycles. The zero-order valence-electron chi connectivity index (χ0n) is 20.9. The van der Waals surface area contributed by atoms with Gasteiger partial charge < -0.3 is 39.1 Å². The van der Waals surface area contributed by atoms with Gasteiger partial charge in [-0.05, 0) is 35.2 Å². The molecule has 0 radical (unpaired) electrons. The van der Waals surface area contributed by atoms with Gasteiger partial charge in [0.25, 0.3) is 0 Å². The van der Waals surface area contributed by atoms with E-state index in [0.717, 1.165) is 33.8 Å². The molecule has 196 valence electrons. The Morgan fingerprint density at radius 3 is 1.89 bits per heavy atom. The van der Waals surface area contributed by atoms with Crippen LogP contribution in [0.1, 0.15) is 11.1 Å². The standard InChI is InChI=1S/2C14H14NO3.Pt/c1-17-13-4-3-11(8-14(13)18-2)12-7-10(9-16)5-6-15-12;1-17-12-5-6-15-13(8-12)10-3-4-14(18-2)11(7-10)9-16;/h3-7,16H,9H2,1-2H3;3-6,8,16H,9H2,1-2H3;/q2*-1;+2. The molecule has 8 nitrogen and oxygen atoms in total. The summed E-state index contributed by atoms with van der Waals surface area (Å²) < 4.78 is 20.6. The molecule has 0 amide bonds. The monoisotopic (exact) mass is 683 g/mol. The maximum atomic E-state index is 9.27. The quantitative estimate of drug-likeness (QED) is 0.268. The third-order valence-electron chi connectivity index (χ3n) is 5.19. The molecule has 0 aliphatic heterocycles. The number of hydrogen-bond donors (Lipinski definition) is 2. The van der Waals surface area contributed by atoms with Crippen molar-refractivity contribution in [3.63, 3.8) is 0 Å². The van der Waals surface area contributed by atoms with Gasteiger partial charge in [0.2, 0.25) is 0 Å². The first-order chi connectivity index (χ1) is 17.6. The third-order valence-corrected chi connectivity index (χ3v) is 5.19. The summed E-state index contributed by atoms with van der Waals surface area (Å²) in [4.78, 5) is 8.50. The van der Waals surface area contributed by atoms with Gasteiger partial charge in [0.1, 0.15) is 5.75 Å². The molecule has 0 spiro atoms. The zero-order chi connectivity index (χ0) is 25.9. The Morgan fingerprint density at radius 1 is 0.676 bits per heavy atom. The van der Waals surface area contributed by atoms with Crippen molar-refractivity contribution < 1.29 is 50.2 Å². The smallest absolute Gasteiger partial charge is 0.540 e. The van der Waals surface area contributed by atoms with Gasteiger partial charge in [-0.2, -0.15) is 0 Å². The first kappa shape index (κ1) is 29.8. The van der Waals surface area contributed by atoms with Gasteiger partial charge in [-0.3, -0.25) is 0 Å². The fraction of sp³-hybridized carbons (Fsp3) is 0.214. The van der Waals surface area contributed by atoms with Crippen molar-refractivity contribution >= 4 is 0 Å². The Hall–Kier alpha value is -3.45. The number of rotatable bonds is 8. The largest absolute Gasteiger partial charge is 2.00 e. The molecule has 2 heterocycles. The Labute approximate surface area is 231 Å². The van der Waals surface area contributed by atoms with E-state index in [2.05, 4.69) is 22.1 Å². The maximum Gasteiger partial charge on any atom is 2.00 e. The van der Waals surface area contributed by atoms with Crippen LogP contribution in [0.2, 0.25) is 0 Å². The average molecular weight is 684 g/mol. The van der Waals surface area contributed by atoms with E-state index in [0.29, 0.717) is 22.8 Å². The predicted octanol–water partition coefficient (Wildman–Crippen LogP) is 4.11. The van der Waals surface area contributed by atoms with Crippen LogP contribution < -0.4 is 18.9 Å². The van der Waals surface area contributed by atoms with Crippen LogP contribution >= 0.6 is 0 Å². The fourth-order valence-corrected chi connectivity index (χ4v) is 3.31. The van der Waals surface area contributed by atoms with Gasteiger partial charge in [-0.15, -0.1) is 41.5 Å². The SMILES string of the molecule is COc1[c-]c(-c2cc(CO)ccn2)ccc1OC.COc1ccnc(-c2[c-]c(CO)c(OC)cc2)c1.[Pt+2]. The van der Waals surface area contributed by atoms with Crippen LogP contribution in [0, 0.1) is 12.1 Å². The minimum absolute atomic E-state index is 0. The van der Waals surface area contributed by atoms with Crippen LogP contribution in [0.25, 0.3) is 22.5 Å². The second-order valence-corrected chi connectivity index (χ2v) is 7.34. The van der Waals surface area contributed by atoms with E-state index < -0.39 is 0 Å². The first-order valence-electron chi connectivity index (χ1n) is 11.0. The van der Waals surface area contributed by atoms with E-state index in [4.69, 9.17) is 24.1 Å². The molecule has 0 bridgehead atoms. The van der Waals surface area contributed by atoms with E-state index in [-0.39, 0.29) is 34.3 Å². The van der Waals surface area contributed by atoms with Crippen LogP contribution in [0.3, 0.4) is 0 Å². The zero-order valence-corrected chi connectivity index (χ0v) is 23.2. The van der Waals surface area contributed by atoms with Crippen LogP contribution in [-0.2, 0) is 34.3 Å². The number of aliphatic hydroxyl groups is 2. The summed E-state index contributed by atoms with van der Waals surface area (Å²) in [6.45, 7) is -0.135. The summed E-state index contributed by atoms with van der Waals surface area (Å²) in [6, 6.07) is 20.7. The van der Waals surface area contributed by atoms with Gasteiger partial charge in [0, 0.05) is 18.1 Å². The Morgan fingerprint density at radius 2 is 1.30 bits per heavy atom. The summed E-state index contributed by atoms with van der Waals surface area (Å²) in [6.07, 6.45) is 3.33. The van der Waals surface area contributed by atoms with Crippen molar-refractivity contribution in [3.05, 3.63) is 84.2 Å². The number of methoxy groups -OCH3 is 4. The minimum Gasteiger partial charge on any atom is -0.540 e. The third kappa shape index (κ3) is 7.76. The number of aliphatic hydroxyl groups excluding tert-OH is 2. The normalized spacial score (nSPS) is 9.89. The molecule has 0 aliphatic carbocycles. The van der Waals surface area contributed by atoms with E-state index >= 15 is 0 Å². The topological polar surface area (TPSA) is 103 Å². The molecule has 0 atom stereocenters. The number of nitrogens with zero attached hydrogens (tertiary/aromatic N) is 2. The van der Waals surface area contributed by atoms with E-state index in [1.807, 2.05) is 24.3 Å². The number of hydrogen-bond acceptors (Lipinski definition) is 8. The fourth-order valence-electron chi connectivity index (χ4n) is 3.31. The van der Waals surface area contributed by atoms with Crippen molar-refractivity contribution in [2.75, 3.05) is 28.4 Å². The number of benzene rings is 2. The maximum absolute atomic E-state index is 9.27. The summed E-state index contributed by atoms with van der Waals surface area (Å²) in [5, 5.41) is 18.4. The molecular weight excluding hydrogens is 655 g/mol. The van der Waals surface area contributed by atoms with Gasteiger partial charge in [0.15, 0.2) is 0 Å². The minimum atomic E-state index is -0.124. The summed E-state index contributed by atoms with van der Waals surface area (Å²) >= 11 is 0. The molecule has 9 heteroatoms. The second kappa shape index (κ2) is 15.0. The van der Waals surface area contributed by atoms with E-state index in [1.165, 1.54) is 0 Å². The number of ether oxygens (including phenoxy) is 4. The van der Waals surface area contributed by atoms with Crippen molar-refractivity contribution in [1.82, 2.24) is 9.97 Å². The molecule has 4 aromatic rings. The first-order valence-corrected chi connectivity index (χ1v) is 11.0. The van der Waals surface area contributed by atoms with E-state index in [9.17, 15) is 5.11 Å². The van der Waals surface area contributed by atoms with Crippen LogP contribution in [0.5, 0.6) is 23.0 Å². The molecule has 4 rings (SSSR count). The molecular formula is C28H28N2O6Pt. The van der Waals surface area contributed by atoms with Crippen LogP contribution in [0.4, 0.5) is 0 Å². The van der Waals surface area contributed by atoms with Crippen LogP contribution in [0.15, 0.2) is 60.9 Å². The summed E-state index contributed by atoms with van der Waals surface area (Å²) in [7, 11) is 6.31.